The Morgan fingerprint density at radius 3 is 2.81 bits per heavy atom. The number of hydrogen-bond acceptors (Lipinski definition) is 4. The highest BCUT2D eigenvalue weighted by Gasteiger charge is 2.15. The number of nitriles is 1. The van der Waals surface area contributed by atoms with Crippen molar-refractivity contribution < 1.29 is 9.53 Å². The summed E-state index contributed by atoms with van der Waals surface area (Å²) in [6, 6.07) is 8.75. The maximum Gasteiger partial charge on any atom is 0.340 e. The Hall–Kier alpha value is -2.28. The van der Waals surface area contributed by atoms with Gasteiger partial charge in [-0.05, 0) is 13.0 Å². The molecule has 0 atom stereocenters. The Morgan fingerprint density at radius 1 is 1.56 bits per heavy atom. The van der Waals surface area contributed by atoms with E-state index in [4.69, 9.17) is 15.7 Å². The fourth-order valence-electron chi connectivity index (χ4n) is 1.29. The molecule has 0 saturated carbocycles. The van der Waals surface area contributed by atoms with Gasteiger partial charge in [0.25, 0.3) is 0 Å². The first kappa shape index (κ1) is 11.8. The minimum atomic E-state index is -0.521. The summed E-state index contributed by atoms with van der Waals surface area (Å²) in [4.78, 5) is 11.6. The number of benzene rings is 1. The predicted octanol–water partition coefficient (Wildman–Crippen LogP) is 1.42. The zero-order chi connectivity index (χ0) is 12.0. The Labute approximate surface area is 93.9 Å². The van der Waals surface area contributed by atoms with Crippen LogP contribution >= 0.6 is 0 Å². The lowest BCUT2D eigenvalue weighted by molar-refractivity contribution is -0.136. The van der Waals surface area contributed by atoms with Crippen molar-refractivity contribution in [2.75, 3.05) is 6.61 Å². The monoisotopic (exact) mass is 216 g/mol. The van der Waals surface area contributed by atoms with Crippen LogP contribution in [0.15, 0.2) is 30.5 Å². The van der Waals surface area contributed by atoms with Gasteiger partial charge in [0.2, 0.25) is 0 Å². The van der Waals surface area contributed by atoms with Crippen LogP contribution in [0.4, 0.5) is 0 Å². The molecule has 0 aromatic heterocycles. The number of nitrogens with zero attached hydrogens (tertiary/aromatic N) is 1. The molecule has 0 aliphatic rings. The third-order valence-electron chi connectivity index (χ3n) is 2.00. The van der Waals surface area contributed by atoms with Gasteiger partial charge < -0.3 is 10.5 Å². The van der Waals surface area contributed by atoms with Gasteiger partial charge in [-0.15, -0.1) is 0 Å². The quantitative estimate of drug-likeness (QED) is 0.612. The van der Waals surface area contributed by atoms with E-state index in [2.05, 4.69) is 0 Å². The lowest BCUT2D eigenvalue weighted by Crippen LogP contribution is -2.09. The molecule has 0 unspecified atom stereocenters. The van der Waals surface area contributed by atoms with Crippen LogP contribution in [0.3, 0.4) is 0 Å². The molecule has 0 bridgehead atoms. The molecule has 1 rings (SSSR count). The van der Waals surface area contributed by atoms with Crippen molar-refractivity contribution in [2.24, 2.45) is 5.73 Å². The molecule has 4 nitrogen and oxygen atoms in total. The van der Waals surface area contributed by atoms with Crippen LogP contribution in [0.1, 0.15) is 18.1 Å². The van der Waals surface area contributed by atoms with Crippen molar-refractivity contribution in [3.8, 4) is 6.07 Å². The summed E-state index contributed by atoms with van der Waals surface area (Å²) in [6.45, 7) is 1.98. The highest BCUT2D eigenvalue weighted by Crippen LogP contribution is 2.19. The molecule has 0 aliphatic carbocycles. The molecule has 0 heterocycles. The van der Waals surface area contributed by atoms with Gasteiger partial charge in [0, 0.05) is 11.8 Å². The van der Waals surface area contributed by atoms with Gasteiger partial charge in [-0.3, -0.25) is 0 Å². The summed E-state index contributed by atoms with van der Waals surface area (Å²) < 4.78 is 4.85. The summed E-state index contributed by atoms with van der Waals surface area (Å²) >= 11 is 0. The van der Waals surface area contributed by atoms with E-state index in [1.807, 2.05) is 6.07 Å². The number of carbonyl (C=O) groups excluding carboxylic acids is 1. The molecular weight excluding hydrogens is 204 g/mol. The SMILES string of the molecule is CCOC(=O)C(=CN)c1ccccc1C#N. The van der Waals surface area contributed by atoms with E-state index in [-0.39, 0.29) is 12.2 Å². The second-order valence-electron chi connectivity index (χ2n) is 2.96. The van der Waals surface area contributed by atoms with Crippen LogP contribution in [-0.2, 0) is 9.53 Å². The minimum Gasteiger partial charge on any atom is -0.462 e. The van der Waals surface area contributed by atoms with E-state index in [9.17, 15) is 4.79 Å². The fourth-order valence-corrected chi connectivity index (χ4v) is 1.29. The molecule has 1 aromatic rings. The number of rotatable bonds is 3. The Balaban J connectivity index is 3.16. The lowest BCUT2D eigenvalue weighted by atomic mass is 10.0. The van der Waals surface area contributed by atoms with Gasteiger partial charge in [-0.2, -0.15) is 5.26 Å². The highest BCUT2D eigenvalue weighted by molar-refractivity contribution is 6.17. The third-order valence-corrected chi connectivity index (χ3v) is 2.00. The first-order valence-corrected chi connectivity index (χ1v) is 4.83. The molecule has 82 valence electrons. The maximum absolute atomic E-state index is 11.6. The second-order valence-corrected chi connectivity index (χ2v) is 2.96. The summed E-state index contributed by atoms with van der Waals surface area (Å²) in [5.41, 5.74) is 6.48. The lowest BCUT2D eigenvalue weighted by Gasteiger charge is -2.07. The maximum atomic E-state index is 11.6. The third kappa shape index (κ3) is 2.39. The first-order chi connectivity index (χ1) is 7.74. The van der Waals surface area contributed by atoms with Gasteiger partial charge >= 0.3 is 5.97 Å². The predicted molar refractivity (Wildman–Crippen MR) is 60.0 cm³/mol. The summed E-state index contributed by atoms with van der Waals surface area (Å²) in [7, 11) is 0. The van der Waals surface area contributed by atoms with E-state index in [0.29, 0.717) is 11.1 Å². The van der Waals surface area contributed by atoms with Crippen molar-refractivity contribution in [1.29, 1.82) is 5.26 Å². The van der Waals surface area contributed by atoms with Crippen molar-refractivity contribution >= 4 is 11.5 Å². The number of hydrogen-bond donors (Lipinski definition) is 1. The van der Waals surface area contributed by atoms with Gasteiger partial charge in [0.05, 0.1) is 23.8 Å². The van der Waals surface area contributed by atoms with Crippen molar-refractivity contribution in [2.45, 2.75) is 6.92 Å². The van der Waals surface area contributed by atoms with E-state index >= 15 is 0 Å². The molecule has 0 spiro atoms. The smallest absolute Gasteiger partial charge is 0.340 e. The molecule has 4 heteroatoms. The number of esters is 1. The zero-order valence-electron chi connectivity index (χ0n) is 8.93. The van der Waals surface area contributed by atoms with Crippen molar-refractivity contribution in [1.82, 2.24) is 0 Å². The van der Waals surface area contributed by atoms with Crippen LogP contribution < -0.4 is 5.73 Å². The average Bonchev–Trinajstić information content (AvgIpc) is 2.31. The van der Waals surface area contributed by atoms with Crippen LogP contribution in [0, 0.1) is 11.3 Å². The highest BCUT2D eigenvalue weighted by atomic mass is 16.5. The molecule has 0 fully saturated rings. The Bertz CT molecular complexity index is 458. The van der Waals surface area contributed by atoms with Gasteiger partial charge in [0.15, 0.2) is 0 Å². The molecule has 1 aromatic carbocycles. The van der Waals surface area contributed by atoms with Gasteiger partial charge in [-0.25, -0.2) is 4.79 Å². The Morgan fingerprint density at radius 2 is 2.25 bits per heavy atom. The van der Waals surface area contributed by atoms with Crippen LogP contribution in [-0.4, -0.2) is 12.6 Å². The molecule has 16 heavy (non-hydrogen) atoms. The van der Waals surface area contributed by atoms with Crippen LogP contribution in [0.5, 0.6) is 0 Å². The average molecular weight is 216 g/mol. The van der Waals surface area contributed by atoms with E-state index in [1.54, 1.807) is 31.2 Å². The summed E-state index contributed by atoms with van der Waals surface area (Å²) in [6.07, 6.45) is 1.16. The fraction of sp³-hybridized carbons (Fsp3) is 0.167. The van der Waals surface area contributed by atoms with E-state index in [0.717, 1.165) is 6.20 Å². The van der Waals surface area contributed by atoms with E-state index in [1.165, 1.54) is 0 Å². The molecule has 0 radical (unpaired) electrons. The molecule has 0 amide bonds. The number of carbonyl (C=O) groups is 1. The zero-order valence-corrected chi connectivity index (χ0v) is 8.93. The van der Waals surface area contributed by atoms with Gasteiger partial charge in [-0.1, -0.05) is 18.2 Å². The number of nitrogens with two attached hydrogens (primary N) is 1. The topological polar surface area (TPSA) is 76.1 Å². The largest absolute Gasteiger partial charge is 0.462 e. The second kappa shape index (κ2) is 5.56. The first-order valence-electron chi connectivity index (χ1n) is 4.83. The standard InChI is InChI=1S/C12H12N2O2/c1-2-16-12(15)11(8-14)10-6-4-3-5-9(10)7-13/h3-6,8H,2,14H2,1H3. The Kier molecular flexibility index (Phi) is 4.10. The normalized spacial score (nSPS) is 10.6. The molecule has 2 N–H and O–H groups in total. The molecular formula is C12H12N2O2. The minimum absolute atomic E-state index is 0.207. The number of ether oxygens (including phenoxy) is 1. The summed E-state index contributed by atoms with van der Waals surface area (Å²) in [5.74, 6) is -0.521. The van der Waals surface area contributed by atoms with Crippen molar-refractivity contribution in [3.05, 3.63) is 41.6 Å². The van der Waals surface area contributed by atoms with E-state index < -0.39 is 5.97 Å². The van der Waals surface area contributed by atoms with Crippen LogP contribution in [0.25, 0.3) is 5.57 Å². The van der Waals surface area contributed by atoms with Crippen molar-refractivity contribution in [3.63, 3.8) is 0 Å². The van der Waals surface area contributed by atoms with Gasteiger partial charge in [0.1, 0.15) is 0 Å². The van der Waals surface area contributed by atoms with Crippen LogP contribution in [0.2, 0.25) is 0 Å². The molecule has 0 aliphatic heterocycles. The molecule has 0 saturated heterocycles. The summed E-state index contributed by atoms with van der Waals surface area (Å²) in [5, 5.41) is 8.90.